The number of hydrogen-bond acceptors (Lipinski definition) is 4. The van der Waals surface area contributed by atoms with Gasteiger partial charge in [0.25, 0.3) is 5.91 Å². The van der Waals surface area contributed by atoms with Gasteiger partial charge in [0.05, 0.1) is 13.2 Å². The van der Waals surface area contributed by atoms with Crippen LogP contribution in [0.2, 0.25) is 0 Å². The zero-order chi connectivity index (χ0) is 19.2. The van der Waals surface area contributed by atoms with Crippen molar-refractivity contribution in [2.45, 2.75) is 13.8 Å². The Morgan fingerprint density at radius 1 is 1.11 bits per heavy atom. The lowest BCUT2D eigenvalue weighted by Gasteiger charge is -2.28. The minimum absolute atomic E-state index is 0.0771. The van der Waals surface area contributed by atoms with Crippen molar-refractivity contribution in [1.82, 2.24) is 0 Å². The van der Waals surface area contributed by atoms with E-state index >= 15 is 0 Å². The van der Waals surface area contributed by atoms with Crippen LogP contribution < -0.4 is 10.2 Å². The first-order valence-corrected chi connectivity index (χ1v) is 8.99. The maximum atomic E-state index is 12.5. The monoisotopic (exact) mass is 361 g/mol. The third-order valence-corrected chi connectivity index (χ3v) is 4.42. The molecule has 0 unspecified atom stereocenters. The summed E-state index contributed by atoms with van der Waals surface area (Å²) in [6.07, 6.45) is 1.61. The second-order valence-corrected chi connectivity index (χ2v) is 6.69. The summed E-state index contributed by atoms with van der Waals surface area (Å²) in [5.74, 6) is -0.403. The Morgan fingerprint density at radius 2 is 1.74 bits per heavy atom. The smallest absolute Gasteiger partial charge is 0.266 e. The van der Waals surface area contributed by atoms with Crippen molar-refractivity contribution in [2.75, 3.05) is 36.5 Å². The summed E-state index contributed by atoms with van der Waals surface area (Å²) in [4.78, 5) is 14.7. The highest BCUT2D eigenvalue weighted by molar-refractivity contribution is 6.09. The number of benzene rings is 2. The Hall–Kier alpha value is -3.10. The minimum atomic E-state index is -0.403. The molecule has 1 aliphatic rings. The molecule has 3 rings (SSSR count). The number of amides is 1. The largest absolute Gasteiger partial charge is 0.378 e. The van der Waals surface area contributed by atoms with Crippen LogP contribution in [-0.4, -0.2) is 32.2 Å². The lowest BCUT2D eigenvalue weighted by molar-refractivity contribution is -0.112. The van der Waals surface area contributed by atoms with Crippen molar-refractivity contribution in [2.24, 2.45) is 0 Å². The summed E-state index contributed by atoms with van der Waals surface area (Å²) in [6, 6.07) is 15.7. The Kier molecular flexibility index (Phi) is 5.90. The predicted octanol–water partition coefficient (Wildman–Crippen LogP) is 3.69. The molecule has 0 bridgehead atoms. The average Bonchev–Trinajstić information content (AvgIpc) is 2.66. The quantitative estimate of drug-likeness (QED) is 0.666. The van der Waals surface area contributed by atoms with Gasteiger partial charge in [-0.05, 0) is 60.9 Å². The van der Waals surface area contributed by atoms with E-state index in [0.717, 1.165) is 48.7 Å². The molecule has 0 atom stereocenters. The molecule has 5 heteroatoms. The SMILES string of the molecule is Cc1cc(C)cc(NC(=O)/C(C#N)=C\c2ccc(N3CCOCC3)cc2)c1. The number of ether oxygens (including phenoxy) is 1. The molecule has 1 heterocycles. The lowest BCUT2D eigenvalue weighted by atomic mass is 10.1. The molecular weight excluding hydrogens is 338 g/mol. The number of rotatable bonds is 4. The second kappa shape index (κ2) is 8.52. The van der Waals surface area contributed by atoms with E-state index in [1.807, 2.05) is 62.4 Å². The molecule has 0 aliphatic carbocycles. The van der Waals surface area contributed by atoms with E-state index in [1.54, 1.807) is 6.08 Å². The summed E-state index contributed by atoms with van der Waals surface area (Å²) >= 11 is 0. The normalized spacial score (nSPS) is 14.6. The molecule has 0 radical (unpaired) electrons. The van der Waals surface area contributed by atoms with E-state index in [4.69, 9.17) is 4.74 Å². The van der Waals surface area contributed by atoms with Gasteiger partial charge in [0.1, 0.15) is 11.6 Å². The standard InChI is InChI=1S/C22H23N3O2/c1-16-11-17(2)13-20(12-16)24-22(26)19(15-23)14-18-3-5-21(6-4-18)25-7-9-27-10-8-25/h3-6,11-14H,7-10H2,1-2H3,(H,24,26)/b19-14-. The van der Waals surface area contributed by atoms with Gasteiger partial charge in [-0.3, -0.25) is 4.79 Å². The summed E-state index contributed by atoms with van der Waals surface area (Å²) in [5, 5.41) is 12.2. The molecular formula is C22H23N3O2. The number of carbonyl (C=O) groups is 1. The number of carbonyl (C=O) groups excluding carboxylic acids is 1. The van der Waals surface area contributed by atoms with Gasteiger partial charge in [-0.1, -0.05) is 18.2 Å². The van der Waals surface area contributed by atoms with Crippen LogP contribution >= 0.6 is 0 Å². The highest BCUT2D eigenvalue weighted by atomic mass is 16.5. The van der Waals surface area contributed by atoms with E-state index in [0.29, 0.717) is 5.69 Å². The van der Waals surface area contributed by atoms with Crippen molar-refractivity contribution in [3.63, 3.8) is 0 Å². The fraction of sp³-hybridized carbons (Fsp3) is 0.273. The van der Waals surface area contributed by atoms with Crippen LogP contribution in [0.1, 0.15) is 16.7 Å². The molecule has 0 spiro atoms. The van der Waals surface area contributed by atoms with Gasteiger partial charge < -0.3 is 15.0 Å². The van der Waals surface area contributed by atoms with Gasteiger partial charge >= 0.3 is 0 Å². The number of nitrogens with zero attached hydrogens (tertiary/aromatic N) is 2. The molecule has 27 heavy (non-hydrogen) atoms. The Bertz CT molecular complexity index is 869. The molecule has 5 nitrogen and oxygen atoms in total. The summed E-state index contributed by atoms with van der Waals surface area (Å²) in [6.45, 7) is 7.16. The van der Waals surface area contributed by atoms with Crippen molar-refractivity contribution < 1.29 is 9.53 Å². The first-order chi connectivity index (χ1) is 13.0. The molecule has 0 aromatic heterocycles. The summed E-state index contributed by atoms with van der Waals surface area (Å²) in [7, 11) is 0. The highest BCUT2D eigenvalue weighted by Crippen LogP contribution is 2.19. The van der Waals surface area contributed by atoms with Crippen molar-refractivity contribution in [3.05, 3.63) is 64.7 Å². The Labute approximate surface area is 159 Å². The molecule has 1 N–H and O–H groups in total. The predicted molar refractivity (Wildman–Crippen MR) is 108 cm³/mol. The molecule has 1 amide bonds. The molecule has 2 aromatic rings. The van der Waals surface area contributed by atoms with Gasteiger partial charge in [0.2, 0.25) is 0 Å². The van der Waals surface area contributed by atoms with E-state index in [1.165, 1.54) is 0 Å². The minimum Gasteiger partial charge on any atom is -0.378 e. The molecule has 138 valence electrons. The van der Waals surface area contributed by atoms with E-state index in [2.05, 4.69) is 10.2 Å². The number of anilines is 2. The van der Waals surface area contributed by atoms with Crippen LogP contribution in [0, 0.1) is 25.2 Å². The third-order valence-electron chi connectivity index (χ3n) is 4.42. The van der Waals surface area contributed by atoms with Gasteiger partial charge in [-0.2, -0.15) is 5.26 Å². The van der Waals surface area contributed by atoms with Crippen molar-refractivity contribution in [3.8, 4) is 6.07 Å². The second-order valence-electron chi connectivity index (χ2n) is 6.69. The van der Waals surface area contributed by atoms with Crippen LogP contribution in [0.25, 0.3) is 6.08 Å². The maximum absolute atomic E-state index is 12.5. The van der Waals surface area contributed by atoms with Crippen LogP contribution in [0.15, 0.2) is 48.0 Å². The van der Waals surface area contributed by atoms with E-state index < -0.39 is 5.91 Å². The first kappa shape index (κ1) is 18.7. The molecule has 0 saturated carbocycles. The fourth-order valence-corrected chi connectivity index (χ4v) is 3.16. The highest BCUT2D eigenvalue weighted by Gasteiger charge is 2.12. The van der Waals surface area contributed by atoms with Gasteiger partial charge in [-0.25, -0.2) is 0 Å². The third kappa shape index (κ3) is 4.96. The molecule has 2 aromatic carbocycles. The van der Waals surface area contributed by atoms with Gasteiger partial charge in [0.15, 0.2) is 0 Å². The van der Waals surface area contributed by atoms with Crippen LogP contribution in [0.5, 0.6) is 0 Å². The van der Waals surface area contributed by atoms with Gasteiger partial charge in [0, 0.05) is 24.5 Å². The Balaban J connectivity index is 1.73. The summed E-state index contributed by atoms with van der Waals surface area (Å²) in [5.41, 5.74) is 4.83. The number of morpholine rings is 1. The van der Waals surface area contributed by atoms with Crippen molar-refractivity contribution >= 4 is 23.4 Å². The fourth-order valence-electron chi connectivity index (χ4n) is 3.16. The van der Waals surface area contributed by atoms with E-state index in [9.17, 15) is 10.1 Å². The van der Waals surface area contributed by atoms with Gasteiger partial charge in [-0.15, -0.1) is 0 Å². The zero-order valence-corrected chi connectivity index (χ0v) is 15.7. The van der Waals surface area contributed by atoms with Crippen LogP contribution in [0.4, 0.5) is 11.4 Å². The molecule has 1 saturated heterocycles. The number of aryl methyl sites for hydroxylation is 2. The molecule has 1 fully saturated rings. The molecule has 1 aliphatic heterocycles. The zero-order valence-electron chi connectivity index (χ0n) is 15.7. The maximum Gasteiger partial charge on any atom is 0.266 e. The van der Waals surface area contributed by atoms with Crippen LogP contribution in [0.3, 0.4) is 0 Å². The summed E-state index contributed by atoms with van der Waals surface area (Å²) < 4.78 is 5.37. The lowest BCUT2D eigenvalue weighted by Crippen LogP contribution is -2.36. The number of nitrogens with one attached hydrogen (secondary N) is 1. The Morgan fingerprint density at radius 3 is 2.33 bits per heavy atom. The number of nitriles is 1. The first-order valence-electron chi connectivity index (χ1n) is 8.99. The van der Waals surface area contributed by atoms with E-state index in [-0.39, 0.29) is 5.57 Å². The average molecular weight is 361 g/mol. The number of hydrogen-bond donors (Lipinski definition) is 1. The van der Waals surface area contributed by atoms with Crippen molar-refractivity contribution in [1.29, 1.82) is 5.26 Å². The topological polar surface area (TPSA) is 65.4 Å². The van der Waals surface area contributed by atoms with Crippen LogP contribution in [-0.2, 0) is 9.53 Å².